The highest BCUT2D eigenvalue weighted by Crippen LogP contribution is 2.25. The molecule has 1 N–H and O–H groups in total. The quantitative estimate of drug-likeness (QED) is 0.849. The number of aromatic hydroxyl groups is 1. The summed E-state index contributed by atoms with van der Waals surface area (Å²) in [5.41, 5.74) is -0.873. The standard InChI is InChI=1S/C17H19FN2O4/c1-4-24-17(23)13-15(21)14(10(2)3)19-20(16(13)22)9-11-7-5-6-8-12(11)18/h5-8,10,21H,4,9H2,1-3H3. The second-order valence-corrected chi connectivity index (χ2v) is 5.54. The average Bonchev–Trinajstić information content (AvgIpc) is 2.52. The van der Waals surface area contributed by atoms with Crippen LogP contribution in [0.1, 0.15) is 48.3 Å². The van der Waals surface area contributed by atoms with Gasteiger partial charge in [-0.25, -0.2) is 13.9 Å². The lowest BCUT2D eigenvalue weighted by Gasteiger charge is -2.14. The molecule has 0 saturated heterocycles. The van der Waals surface area contributed by atoms with Crippen LogP contribution in [0.3, 0.4) is 0 Å². The third-order valence-electron chi connectivity index (χ3n) is 3.46. The van der Waals surface area contributed by atoms with Crippen molar-refractivity contribution in [2.24, 2.45) is 0 Å². The summed E-state index contributed by atoms with van der Waals surface area (Å²) >= 11 is 0. The summed E-state index contributed by atoms with van der Waals surface area (Å²) in [7, 11) is 0. The molecular formula is C17H19FN2O4. The molecule has 0 aliphatic rings. The molecule has 24 heavy (non-hydrogen) atoms. The number of carbonyl (C=O) groups is 1. The first kappa shape index (κ1) is 17.7. The Morgan fingerprint density at radius 1 is 1.38 bits per heavy atom. The molecule has 1 aromatic carbocycles. The minimum atomic E-state index is -0.924. The van der Waals surface area contributed by atoms with Gasteiger partial charge in [0.2, 0.25) is 0 Å². The van der Waals surface area contributed by atoms with Gasteiger partial charge in [0.1, 0.15) is 11.5 Å². The molecule has 7 heteroatoms. The Labute approximate surface area is 138 Å². The third-order valence-corrected chi connectivity index (χ3v) is 3.46. The molecule has 0 aliphatic heterocycles. The van der Waals surface area contributed by atoms with Crippen molar-refractivity contribution >= 4 is 5.97 Å². The molecule has 0 saturated carbocycles. The largest absolute Gasteiger partial charge is 0.505 e. The Bertz CT molecular complexity index is 815. The van der Waals surface area contributed by atoms with E-state index in [4.69, 9.17) is 4.74 Å². The van der Waals surface area contributed by atoms with E-state index in [1.807, 2.05) is 0 Å². The predicted molar refractivity (Wildman–Crippen MR) is 85.7 cm³/mol. The van der Waals surface area contributed by atoms with Crippen LogP contribution in [0.5, 0.6) is 5.75 Å². The molecule has 0 atom stereocenters. The van der Waals surface area contributed by atoms with E-state index in [1.165, 1.54) is 18.2 Å². The van der Waals surface area contributed by atoms with Crippen LogP contribution in [-0.4, -0.2) is 27.5 Å². The molecular weight excluding hydrogens is 315 g/mol. The fourth-order valence-electron chi connectivity index (χ4n) is 2.25. The molecule has 6 nitrogen and oxygen atoms in total. The number of hydrogen-bond acceptors (Lipinski definition) is 5. The number of rotatable bonds is 5. The maximum absolute atomic E-state index is 13.8. The topological polar surface area (TPSA) is 81.4 Å². The van der Waals surface area contributed by atoms with Gasteiger partial charge in [0.25, 0.3) is 5.56 Å². The fourth-order valence-corrected chi connectivity index (χ4v) is 2.25. The highest BCUT2D eigenvalue weighted by molar-refractivity contribution is 5.92. The van der Waals surface area contributed by atoms with Gasteiger partial charge in [-0.2, -0.15) is 5.10 Å². The Morgan fingerprint density at radius 2 is 2.04 bits per heavy atom. The molecule has 128 valence electrons. The van der Waals surface area contributed by atoms with Crippen LogP contribution in [0.4, 0.5) is 4.39 Å². The monoisotopic (exact) mass is 334 g/mol. The lowest BCUT2D eigenvalue weighted by molar-refractivity contribution is 0.0519. The number of nitrogens with zero attached hydrogens (tertiary/aromatic N) is 2. The van der Waals surface area contributed by atoms with Crippen LogP contribution >= 0.6 is 0 Å². The van der Waals surface area contributed by atoms with Gasteiger partial charge in [0.15, 0.2) is 11.3 Å². The van der Waals surface area contributed by atoms with Gasteiger partial charge in [-0.05, 0) is 13.0 Å². The van der Waals surface area contributed by atoms with Crippen molar-refractivity contribution in [3.63, 3.8) is 0 Å². The Morgan fingerprint density at radius 3 is 2.62 bits per heavy atom. The van der Waals surface area contributed by atoms with E-state index < -0.39 is 28.7 Å². The van der Waals surface area contributed by atoms with Gasteiger partial charge >= 0.3 is 5.97 Å². The van der Waals surface area contributed by atoms with Crippen LogP contribution in [0.25, 0.3) is 0 Å². The van der Waals surface area contributed by atoms with Crippen LogP contribution in [0, 0.1) is 5.82 Å². The van der Waals surface area contributed by atoms with Crippen molar-refractivity contribution in [2.45, 2.75) is 33.2 Å². The van der Waals surface area contributed by atoms with Crippen LogP contribution in [-0.2, 0) is 11.3 Å². The van der Waals surface area contributed by atoms with E-state index in [9.17, 15) is 19.1 Å². The maximum atomic E-state index is 13.8. The first-order valence-electron chi connectivity index (χ1n) is 7.61. The molecule has 1 aromatic heterocycles. The number of esters is 1. The van der Waals surface area contributed by atoms with E-state index in [0.29, 0.717) is 0 Å². The van der Waals surface area contributed by atoms with E-state index in [2.05, 4.69) is 5.10 Å². The summed E-state index contributed by atoms with van der Waals surface area (Å²) in [6.45, 7) is 5.02. The number of benzene rings is 1. The predicted octanol–water partition coefficient (Wildman–Crippen LogP) is 2.44. The molecule has 0 amide bonds. The number of ether oxygens (including phenoxy) is 1. The smallest absolute Gasteiger partial charge is 0.347 e. The Balaban J connectivity index is 2.61. The summed E-state index contributed by atoms with van der Waals surface area (Å²) in [6, 6.07) is 5.97. The summed E-state index contributed by atoms with van der Waals surface area (Å²) in [4.78, 5) is 24.5. The van der Waals surface area contributed by atoms with Crippen molar-refractivity contribution in [1.82, 2.24) is 9.78 Å². The van der Waals surface area contributed by atoms with Crippen molar-refractivity contribution in [3.05, 3.63) is 57.3 Å². The van der Waals surface area contributed by atoms with Gasteiger partial charge in [0.05, 0.1) is 13.2 Å². The Hall–Kier alpha value is -2.70. The second kappa shape index (κ2) is 7.25. The zero-order valence-electron chi connectivity index (χ0n) is 13.7. The lowest BCUT2D eigenvalue weighted by Crippen LogP contribution is -2.31. The highest BCUT2D eigenvalue weighted by Gasteiger charge is 2.25. The zero-order chi connectivity index (χ0) is 17.9. The molecule has 2 aromatic rings. The minimum absolute atomic E-state index is 0.0599. The average molecular weight is 334 g/mol. The third kappa shape index (κ3) is 3.45. The van der Waals surface area contributed by atoms with Gasteiger partial charge in [0, 0.05) is 11.5 Å². The first-order valence-corrected chi connectivity index (χ1v) is 7.61. The van der Waals surface area contributed by atoms with Crippen molar-refractivity contribution in [3.8, 4) is 5.75 Å². The van der Waals surface area contributed by atoms with Gasteiger partial charge in [-0.3, -0.25) is 4.79 Å². The van der Waals surface area contributed by atoms with Gasteiger partial charge in [-0.1, -0.05) is 32.0 Å². The molecule has 0 radical (unpaired) electrons. The zero-order valence-corrected chi connectivity index (χ0v) is 13.7. The maximum Gasteiger partial charge on any atom is 0.347 e. The van der Waals surface area contributed by atoms with Crippen molar-refractivity contribution in [2.75, 3.05) is 6.61 Å². The normalized spacial score (nSPS) is 10.9. The minimum Gasteiger partial charge on any atom is -0.505 e. The van der Waals surface area contributed by atoms with E-state index in [1.54, 1.807) is 26.8 Å². The second-order valence-electron chi connectivity index (χ2n) is 5.54. The SMILES string of the molecule is CCOC(=O)c1c(O)c(C(C)C)nn(Cc2ccccc2F)c1=O. The molecule has 2 rings (SSSR count). The Kier molecular flexibility index (Phi) is 5.33. The molecule has 0 spiro atoms. The fraction of sp³-hybridized carbons (Fsp3) is 0.353. The molecule has 0 bridgehead atoms. The molecule has 0 unspecified atom stereocenters. The first-order chi connectivity index (χ1) is 11.4. The number of aromatic nitrogens is 2. The van der Waals surface area contributed by atoms with Gasteiger partial charge in [-0.15, -0.1) is 0 Å². The van der Waals surface area contributed by atoms with Crippen LogP contribution in [0.15, 0.2) is 29.1 Å². The summed E-state index contributed by atoms with van der Waals surface area (Å²) in [5.74, 6) is -2.14. The highest BCUT2D eigenvalue weighted by atomic mass is 19.1. The number of hydrogen-bond donors (Lipinski definition) is 1. The summed E-state index contributed by atoms with van der Waals surface area (Å²) < 4.78 is 19.7. The van der Waals surface area contributed by atoms with Gasteiger partial charge < -0.3 is 9.84 Å². The molecule has 1 heterocycles. The van der Waals surface area contributed by atoms with E-state index >= 15 is 0 Å². The van der Waals surface area contributed by atoms with E-state index in [-0.39, 0.29) is 30.3 Å². The lowest BCUT2D eigenvalue weighted by atomic mass is 10.1. The number of carbonyl (C=O) groups excluding carboxylic acids is 1. The number of halogens is 1. The van der Waals surface area contributed by atoms with Crippen molar-refractivity contribution in [1.29, 1.82) is 0 Å². The van der Waals surface area contributed by atoms with Crippen LogP contribution in [0.2, 0.25) is 0 Å². The summed E-state index contributed by atoms with van der Waals surface area (Å²) in [5, 5.41) is 14.3. The van der Waals surface area contributed by atoms with Crippen LogP contribution < -0.4 is 5.56 Å². The van der Waals surface area contributed by atoms with E-state index in [0.717, 1.165) is 4.68 Å². The molecule has 0 fully saturated rings. The molecule has 0 aliphatic carbocycles. The van der Waals surface area contributed by atoms with Crippen molar-refractivity contribution < 1.29 is 19.0 Å². The summed E-state index contributed by atoms with van der Waals surface area (Å²) in [6.07, 6.45) is 0.